The highest BCUT2D eigenvalue weighted by Gasteiger charge is 2.46. The van der Waals surface area contributed by atoms with E-state index >= 15 is 0 Å². The Morgan fingerprint density at radius 2 is 0.592 bits per heavy atom. The number of fused-ring (bicyclic) bond motifs is 5. The van der Waals surface area contributed by atoms with Crippen molar-refractivity contribution < 1.29 is 58.3 Å². The summed E-state index contributed by atoms with van der Waals surface area (Å²) in [7, 11) is 3.29. The molecule has 752 valence electrons. The molecule has 0 spiro atoms. The topological polar surface area (TPSA) is 377 Å². The zero-order chi connectivity index (χ0) is 105. The third-order valence-electron chi connectivity index (χ3n) is 27.4. The maximum absolute atomic E-state index is 14.2. The van der Waals surface area contributed by atoms with Gasteiger partial charge in [-0.1, -0.05) is 265 Å². The maximum atomic E-state index is 14.2. The summed E-state index contributed by atoms with van der Waals surface area (Å²) in [5.41, 5.74) is 10.4. The molecule has 5 aliphatic rings. The van der Waals surface area contributed by atoms with Crippen LogP contribution < -0.4 is 27.1 Å². The lowest BCUT2D eigenvalue weighted by Crippen LogP contribution is -2.49. The average Bonchev–Trinajstić information content (AvgIpc) is 0.752. The molecule has 9 unspecified atom stereocenters. The van der Waals surface area contributed by atoms with Crippen molar-refractivity contribution in [3.05, 3.63) is 466 Å². The van der Waals surface area contributed by atoms with Crippen molar-refractivity contribution in [2.75, 3.05) is 59.9 Å². The predicted molar refractivity (Wildman–Crippen MR) is 551 cm³/mol. The molecule has 9 atom stereocenters. The molecule has 0 saturated carbocycles. The van der Waals surface area contributed by atoms with Crippen molar-refractivity contribution in [3.63, 3.8) is 0 Å². The Morgan fingerprint density at radius 3 is 0.932 bits per heavy atom. The fourth-order valence-electron chi connectivity index (χ4n) is 20.3. The van der Waals surface area contributed by atoms with E-state index in [1.54, 1.807) is 47.0 Å². The summed E-state index contributed by atoms with van der Waals surface area (Å²) in [4.78, 5) is 132. The highest BCUT2D eigenvalue weighted by Crippen LogP contribution is 2.47. The number of carbonyl (C=O) groups excluding carboxylic acids is 5. The number of rotatable bonds is 19. The van der Waals surface area contributed by atoms with E-state index in [9.17, 15) is 82.3 Å². The van der Waals surface area contributed by atoms with Crippen molar-refractivity contribution >= 4 is 41.1 Å². The summed E-state index contributed by atoms with van der Waals surface area (Å²) in [5.74, 6) is -6.69. The standard InChI is InChI=1S/C24H24FN3O3.C23H22ClN3O3.C23H23N3O3.C22H20FN3O3.C22H21N3O3/c1-14(2)27-13-19(28-22(24(27)31)23(30)20(29)12-26-28)21(16-7-4-6-15(3)10-16)17-8-5-9-18(25)11-17;1-3-26-13-18(27-21(23(26)30)22(29)19(28)12-25-27)20(15-7-4-6-14(2)10-15)16-8-5-9-17(24)11-16;1-2-13-25-15-18(26-21(23(25)29)22(28)19(27)14-24-26)20(16-9-5-3-6-10-16)17-11-7-4-8-12-17;1-13-3-5-14(6-4-13)19(15-7-9-16(23)10-8-15)17-12-25(2)22(29)20-21(28)18(27)11-24-26(17)20;1-14-8-10-16(11-9-14)19(15-6-4-3-5-7-15)17-13-24(2)22(28)20-21(27)18(26)12-23-25(17)20/h4-12,14,19,21,30H,13H2,1-3H3;4-12,18,20,29H,3,13H2,1-2H3;3-12,14,18,20,28H,2,13,15H2,1H3;3-11,17,19,28H,12H2,1-2H3;3-12,17,19,27H,13H2,1-2H3. The number of carbonyl (C=O) groups is 5. The van der Waals surface area contributed by atoms with Gasteiger partial charge in [-0.2, -0.15) is 25.5 Å². The van der Waals surface area contributed by atoms with Crippen LogP contribution in [0.3, 0.4) is 0 Å². The van der Waals surface area contributed by atoms with Crippen molar-refractivity contribution in [2.45, 2.75) is 128 Å². The fourth-order valence-corrected chi connectivity index (χ4v) is 20.5. The van der Waals surface area contributed by atoms with Gasteiger partial charge in [0.1, 0.15) is 11.6 Å². The van der Waals surface area contributed by atoms with Crippen LogP contribution in [0.5, 0.6) is 28.7 Å². The van der Waals surface area contributed by atoms with E-state index < -0.39 is 91.6 Å². The second kappa shape index (κ2) is 44.5. The van der Waals surface area contributed by atoms with E-state index in [2.05, 4.69) is 80.1 Å². The highest BCUT2D eigenvalue weighted by molar-refractivity contribution is 6.30. The minimum Gasteiger partial charge on any atom is -0.502 e. The smallest absolute Gasteiger partial charge is 0.276 e. The van der Waals surface area contributed by atoms with Gasteiger partial charge in [0.25, 0.3) is 29.5 Å². The zero-order valence-corrected chi connectivity index (χ0v) is 83.1. The van der Waals surface area contributed by atoms with Crippen molar-refractivity contribution in [2.24, 2.45) is 0 Å². The lowest BCUT2D eigenvalue weighted by atomic mass is 9.83. The zero-order valence-electron chi connectivity index (χ0n) is 82.4. The number of nitrogens with zero attached hydrogens (tertiary/aromatic N) is 15. The Balaban J connectivity index is 0.000000131. The molecule has 10 heterocycles. The van der Waals surface area contributed by atoms with Gasteiger partial charge in [-0.05, 0) is 147 Å². The largest absolute Gasteiger partial charge is 0.502 e. The van der Waals surface area contributed by atoms with Crippen LogP contribution in [0.4, 0.5) is 8.78 Å². The number of amides is 5. The lowest BCUT2D eigenvalue weighted by Gasteiger charge is -2.41. The number of aromatic nitrogens is 10. The quantitative estimate of drug-likeness (QED) is 0.0502. The highest BCUT2D eigenvalue weighted by atomic mass is 35.5. The van der Waals surface area contributed by atoms with Gasteiger partial charge in [-0.15, -0.1) is 0 Å². The van der Waals surface area contributed by atoms with Gasteiger partial charge >= 0.3 is 0 Å². The van der Waals surface area contributed by atoms with E-state index in [0.717, 1.165) is 115 Å². The Kier molecular flexibility index (Phi) is 31.2. The monoisotopic (exact) mass is 2000 g/mol. The summed E-state index contributed by atoms with van der Waals surface area (Å²) in [6.45, 7) is 18.5. The van der Waals surface area contributed by atoms with Crippen molar-refractivity contribution in [1.82, 2.24) is 73.4 Å². The van der Waals surface area contributed by atoms with Gasteiger partial charge in [0.15, 0.2) is 57.2 Å². The number of benzene rings is 10. The molecule has 30 nitrogen and oxygen atoms in total. The average molecular weight is 2000 g/mol. The predicted octanol–water partition coefficient (Wildman–Crippen LogP) is 16.2. The molecule has 0 saturated heterocycles. The Labute approximate surface area is 850 Å². The molecule has 5 aliphatic heterocycles. The number of hydrogen-bond acceptors (Lipinski definition) is 20. The molecule has 0 aliphatic carbocycles. The number of hydrogen-bond donors (Lipinski definition) is 5. The first-order valence-corrected chi connectivity index (χ1v) is 48.6. The van der Waals surface area contributed by atoms with Gasteiger partial charge < -0.3 is 50.0 Å². The van der Waals surface area contributed by atoms with Crippen molar-refractivity contribution in [3.8, 4) is 28.7 Å². The van der Waals surface area contributed by atoms with Crippen LogP contribution in [0.2, 0.25) is 5.02 Å². The third kappa shape index (κ3) is 21.5. The van der Waals surface area contributed by atoms with Gasteiger partial charge in [-0.25, -0.2) is 8.78 Å². The molecule has 20 rings (SSSR count). The van der Waals surface area contributed by atoms with Crippen LogP contribution in [0.25, 0.3) is 0 Å². The second-order valence-corrected chi connectivity index (χ2v) is 38.0. The second-order valence-electron chi connectivity index (χ2n) is 37.5. The summed E-state index contributed by atoms with van der Waals surface area (Å²) in [5, 5.41) is 73.6. The molecular formula is C114H110ClF2N15O15. The fraction of sp³-hybridized carbons (Fsp3) is 0.254. The molecule has 0 fully saturated rings. The van der Waals surface area contributed by atoms with Gasteiger partial charge in [0.2, 0.25) is 27.1 Å². The SMILES string of the molecule is CCCN1CC(C(c2ccccc2)c2ccccc2)n2ncc(=O)c(O)c2C1=O.CCN1CC(C(c2cccc(C)c2)c2cccc(Cl)c2)n2ncc(=O)c(O)c2C1=O.Cc1ccc(C(c2ccc(F)cc2)C2CN(C)C(=O)c3c(O)c(=O)cnn32)cc1.Cc1ccc(C(c2ccccc2)C2CN(C)C(=O)c3c(O)c(=O)cnn32)cc1.Cc1cccc(C(c2cccc(F)c2)C2CN(C(C)C)C(=O)c3c(O)c(=O)cnn32)c1. The molecule has 5 amide bonds. The Bertz CT molecular complexity index is 7570. The molecule has 5 aromatic heterocycles. The number of aryl methyl sites for hydroxylation is 4. The Morgan fingerprint density at radius 1 is 0.306 bits per heavy atom. The number of likely N-dealkylation sites (N-methyl/N-ethyl adjacent to an activating group) is 3. The van der Waals surface area contributed by atoms with Gasteiger partial charge in [-0.3, -0.25) is 71.4 Å². The van der Waals surface area contributed by atoms with Crippen LogP contribution in [0.1, 0.15) is 224 Å². The summed E-state index contributed by atoms with van der Waals surface area (Å²) < 4.78 is 35.2. The summed E-state index contributed by atoms with van der Waals surface area (Å²) >= 11 is 6.30. The minimum atomic E-state index is -0.707. The van der Waals surface area contributed by atoms with Gasteiger partial charge in [0.05, 0.1) is 61.2 Å². The Hall–Kier alpha value is -16.9. The van der Waals surface area contributed by atoms with E-state index in [4.69, 9.17) is 11.6 Å². The summed E-state index contributed by atoms with van der Waals surface area (Å²) in [6.07, 6.45) is 6.03. The normalized spacial score (nSPS) is 16.9. The van der Waals surface area contributed by atoms with Crippen LogP contribution in [0, 0.1) is 39.3 Å². The maximum Gasteiger partial charge on any atom is 0.276 e. The van der Waals surface area contributed by atoms with E-state index in [0.29, 0.717) is 50.8 Å². The number of halogens is 3. The van der Waals surface area contributed by atoms with Gasteiger partial charge in [0, 0.05) is 101 Å². The first-order chi connectivity index (χ1) is 70.6. The molecule has 5 N–H and O–H groups in total. The number of aromatic hydroxyl groups is 5. The molecule has 0 radical (unpaired) electrons. The van der Waals surface area contributed by atoms with E-state index in [1.807, 2.05) is 219 Å². The first kappa shape index (κ1) is 103. The molecule has 15 aromatic rings. The first-order valence-electron chi connectivity index (χ1n) is 48.2. The summed E-state index contributed by atoms with van der Waals surface area (Å²) in [6, 6.07) is 80.7. The lowest BCUT2D eigenvalue weighted by molar-refractivity contribution is 0.0567. The molecule has 10 aromatic carbocycles. The minimum absolute atomic E-state index is 0.0286. The molecular weight excluding hydrogens is 1890 g/mol. The molecule has 33 heteroatoms. The van der Waals surface area contributed by atoms with Crippen LogP contribution in [0.15, 0.2) is 316 Å². The van der Waals surface area contributed by atoms with Crippen LogP contribution in [-0.4, -0.2) is 194 Å². The van der Waals surface area contributed by atoms with E-state index in [1.165, 1.54) is 57.5 Å². The van der Waals surface area contributed by atoms with E-state index in [-0.39, 0.29) is 99.8 Å². The van der Waals surface area contributed by atoms with Crippen molar-refractivity contribution in [1.29, 1.82) is 0 Å². The molecule has 0 bridgehead atoms. The van der Waals surface area contributed by atoms with Crippen LogP contribution >= 0.6 is 11.6 Å². The third-order valence-corrected chi connectivity index (χ3v) is 27.6. The molecule has 147 heavy (non-hydrogen) atoms. The van der Waals surface area contributed by atoms with Crippen LogP contribution in [-0.2, 0) is 0 Å².